The molecule has 1 amide bonds. The van der Waals surface area contributed by atoms with Gasteiger partial charge in [-0.1, -0.05) is 57.2 Å². The summed E-state index contributed by atoms with van der Waals surface area (Å²) in [4.78, 5) is 28.4. The van der Waals surface area contributed by atoms with Crippen LogP contribution in [0.1, 0.15) is 54.1 Å². The fourth-order valence-electron chi connectivity index (χ4n) is 5.26. The zero-order valence-corrected chi connectivity index (χ0v) is 21.9. The molecule has 37 heavy (non-hydrogen) atoms. The van der Waals surface area contributed by atoms with Crippen molar-refractivity contribution in [2.45, 2.75) is 46.3 Å². The second-order valence-corrected chi connectivity index (χ2v) is 10.4. The molecular formula is C29H31ClN2O5. The number of halogens is 1. The van der Waals surface area contributed by atoms with Crippen LogP contribution in [0.5, 0.6) is 5.75 Å². The first-order valence-corrected chi connectivity index (χ1v) is 12.0. The molecule has 0 heterocycles. The molecule has 0 aromatic heterocycles. The highest BCUT2D eigenvalue weighted by atomic mass is 35.5. The number of hydrogen-bond donors (Lipinski definition) is 1. The molecule has 0 bridgehead atoms. The molecule has 3 rings (SSSR count). The average molecular weight is 526 g/mol. The average Bonchev–Trinajstić information content (AvgIpc) is 2.86. The Kier molecular flexibility index (Phi) is 7.26. The van der Waals surface area contributed by atoms with E-state index in [0.29, 0.717) is 23.4 Å². The van der Waals surface area contributed by atoms with E-state index in [1.54, 1.807) is 42.5 Å². The summed E-state index contributed by atoms with van der Waals surface area (Å²) in [6, 6.07) is 10.5. The smallest absolute Gasteiger partial charge is 0.329 e. The van der Waals surface area contributed by atoms with Gasteiger partial charge in [-0.25, -0.2) is 9.64 Å². The number of nitrogens with zero attached hydrogens (tertiary/aromatic N) is 2. The zero-order valence-electron chi connectivity index (χ0n) is 24.2. The Hall–Kier alpha value is -3.52. The third kappa shape index (κ3) is 6.07. The normalized spacial score (nSPS) is 20.5. The van der Waals surface area contributed by atoms with Crippen molar-refractivity contribution in [3.05, 3.63) is 70.0 Å². The molecule has 7 nitrogen and oxygen atoms in total. The maximum atomic E-state index is 13.7. The molecule has 0 aliphatic heterocycles. The SMILES string of the molecule is [2H]C([2H])([2H])N(C(=O)c1ccc(C#CCCOCC(=O)O)cc1)C1C(C)(C)C(Oc2ccc([N+]#[C-])c(Cl)c2)C1(C)C. The van der Waals surface area contributed by atoms with E-state index in [-0.39, 0.29) is 23.8 Å². The van der Waals surface area contributed by atoms with E-state index in [1.807, 2.05) is 27.7 Å². The minimum atomic E-state index is -2.71. The minimum absolute atomic E-state index is 0.181. The fourth-order valence-corrected chi connectivity index (χ4v) is 5.48. The van der Waals surface area contributed by atoms with E-state index < -0.39 is 41.8 Å². The van der Waals surface area contributed by atoms with Crippen LogP contribution in [-0.2, 0) is 9.53 Å². The zero-order chi connectivity index (χ0) is 29.9. The van der Waals surface area contributed by atoms with Crippen LogP contribution < -0.4 is 4.74 Å². The Morgan fingerprint density at radius 2 is 1.86 bits per heavy atom. The minimum Gasteiger partial charge on any atom is -0.489 e. The molecule has 0 atom stereocenters. The predicted molar refractivity (Wildman–Crippen MR) is 142 cm³/mol. The third-order valence-corrected chi connectivity index (χ3v) is 6.80. The molecule has 194 valence electrons. The van der Waals surface area contributed by atoms with Crippen LogP contribution in [0.15, 0.2) is 42.5 Å². The van der Waals surface area contributed by atoms with E-state index in [2.05, 4.69) is 16.7 Å². The Balaban J connectivity index is 1.79. The number of rotatable bonds is 8. The van der Waals surface area contributed by atoms with E-state index in [9.17, 15) is 9.59 Å². The summed E-state index contributed by atoms with van der Waals surface area (Å²) < 4.78 is 35.9. The van der Waals surface area contributed by atoms with Gasteiger partial charge >= 0.3 is 5.97 Å². The predicted octanol–water partition coefficient (Wildman–Crippen LogP) is 5.69. The quantitative estimate of drug-likeness (QED) is 0.272. The summed E-state index contributed by atoms with van der Waals surface area (Å²) in [6.07, 6.45) is -0.110. The number of hydrogen-bond acceptors (Lipinski definition) is 4. The van der Waals surface area contributed by atoms with Crippen molar-refractivity contribution >= 4 is 29.2 Å². The van der Waals surface area contributed by atoms with Gasteiger partial charge < -0.3 is 19.5 Å². The summed E-state index contributed by atoms with van der Waals surface area (Å²) in [7, 11) is 0. The van der Waals surface area contributed by atoms with Crippen molar-refractivity contribution in [1.29, 1.82) is 0 Å². The van der Waals surface area contributed by atoms with Gasteiger partial charge in [0.1, 0.15) is 18.5 Å². The molecule has 0 radical (unpaired) electrons. The molecule has 1 fully saturated rings. The second-order valence-electron chi connectivity index (χ2n) is 10.0. The van der Waals surface area contributed by atoms with Gasteiger partial charge in [0.25, 0.3) is 5.91 Å². The highest BCUT2D eigenvalue weighted by molar-refractivity contribution is 6.33. The van der Waals surface area contributed by atoms with Crippen LogP contribution in [0.25, 0.3) is 4.85 Å². The molecule has 1 aliphatic rings. The van der Waals surface area contributed by atoms with Gasteiger partial charge in [0.05, 0.1) is 18.2 Å². The summed E-state index contributed by atoms with van der Waals surface area (Å²) in [5, 5.41) is 8.83. The number of carbonyl (C=O) groups excluding carboxylic acids is 1. The van der Waals surface area contributed by atoms with Gasteiger partial charge in [-0.15, -0.1) is 0 Å². The molecule has 0 spiro atoms. The van der Waals surface area contributed by atoms with E-state index in [0.717, 1.165) is 4.90 Å². The summed E-state index contributed by atoms with van der Waals surface area (Å²) in [5.74, 6) is 4.57. The van der Waals surface area contributed by atoms with Crippen molar-refractivity contribution in [1.82, 2.24) is 4.90 Å². The van der Waals surface area contributed by atoms with Crippen LogP contribution in [0, 0.1) is 29.2 Å². The fraction of sp³-hybridized carbons (Fsp3) is 0.414. The molecule has 1 aliphatic carbocycles. The lowest BCUT2D eigenvalue weighted by molar-refractivity contribution is -0.195. The van der Waals surface area contributed by atoms with Crippen molar-refractivity contribution in [2.75, 3.05) is 20.2 Å². The Morgan fingerprint density at radius 1 is 1.19 bits per heavy atom. The Labute approximate surface area is 227 Å². The second kappa shape index (κ2) is 11.3. The first-order valence-electron chi connectivity index (χ1n) is 13.2. The molecule has 1 N–H and O–H groups in total. The van der Waals surface area contributed by atoms with E-state index >= 15 is 0 Å². The molecule has 2 aromatic carbocycles. The van der Waals surface area contributed by atoms with Gasteiger partial charge in [0.15, 0.2) is 0 Å². The first kappa shape index (κ1) is 23.9. The van der Waals surface area contributed by atoms with Crippen LogP contribution in [0.2, 0.25) is 5.02 Å². The van der Waals surface area contributed by atoms with Crippen LogP contribution in [0.4, 0.5) is 5.69 Å². The van der Waals surface area contributed by atoms with Crippen molar-refractivity contribution in [2.24, 2.45) is 10.8 Å². The van der Waals surface area contributed by atoms with Gasteiger partial charge in [-0.2, -0.15) is 0 Å². The standard InChI is InChI=1S/C29H31ClN2O5/c1-28(2)26(29(3,4)27(28)37-21-14-15-23(31-5)22(30)17-21)32(6)25(35)20-12-10-19(11-13-20)9-7-8-16-36-18-24(33)34/h10-15,17,26-27H,8,16,18H2,1-4,6H3,(H,33,34)/i6D3. The third-order valence-electron chi connectivity index (χ3n) is 6.49. The molecule has 1 saturated carbocycles. The summed E-state index contributed by atoms with van der Waals surface area (Å²) >= 11 is 6.18. The highest BCUT2D eigenvalue weighted by Crippen LogP contribution is 2.58. The Bertz CT molecular complexity index is 1360. The lowest BCUT2D eigenvalue weighted by Gasteiger charge is -2.65. The van der Waals surface area contributed by atoms with Gasteiger partial charge in [0, 0.05) is 45.5 Å². The van der Waals surface area contributed by atoms with Crippen molar-refractivity contribution in [3.63, 3.8) is 0 Å². The molecule has 2 aromatic rings. The summed E-state index contributed by atoms with van der Waals surface area (Å²) in [6.45, 7) is 11.7. The number of benzene rings is 2. The maximum absolute atomic E-state index is 13.7. The number of carbonyl (C=O) groups is 2. The lowest BCUT2D eigenvalue weighted by atomic mass is 9.49. The van der Waals surface area contributed by atoms with Crippen molar-refractivity contribution < 1.29 is 28.3 Å². The van der Waals surface area contributed by atoms with Crippen LogP contribution in [0.3, 0.4) is 0 Å². The van der Waals surface area contributed by atoms with Crippen molar-refractivity contribution in [3.8, 4) is 17.6 Å². The molecule has 0 unspecified atom stereocenters. The molecular weight excluding hydrogens is 492 g/mol. The van der Waals surface area contributed by atoms with E-state index in [1.165, 1.54) is 0 Å². The number of carboxylic acids is 1. The highest BCUT2D eigenvalue weighted by Gasteiger charge is 2.65. The maximum Gasteiger partial charge on any atom is 0.329 e. The topological polar surface area (TPSA) is 80.4 Å². The van der Waals surface area contributed by atoms with Crippen LogP contribution in [-0.4, -0.2) is 54.2 Å². The van der Waals surface area contributed by atoms with E-state index in [4.69, 9.17) is 36.9 Å². The Morgan fingerprint density at radius 3 is 2.43 bits per heavy atom. The monoisotopic (exact) mass is 525 g/mol. The molecule has 8 heteroatoms. The van der Waals surface area contributed by atoms with Crippen LogP contribution >= 0.6 is 11.6 Å². The number of carboxylic acid groups (broad SMARTS) is 1. The summed E-state index contributed by atoms with van der Waals surface area (Å²) in [5.41, 5.74) is -0.348. The van der Waals surface area contributed by atoms with Gasteiger partial charge in [0.2, 0.25) is 5.69 Å². The number of ether oxygens (including phenoxy) is 2. The number of aliphatic carboxylic acids is 1. The molecule has 0 saturated heterocycles. The first-order chi connectivity index (χ1) is 18.6. The van der Waals surface area contributed by atoms with Gasteiger partial charge in [-0.05, 0) is 36.4 Å². The lowest BCUT2D eigenvalue weighted by Crippen LogP contribution is -2.74. The number of amides is 1. The van der Waals surface area contributed by atoms with Gasteiger partial charge in [-0.3, -0.25) is 4.79 Å². The largest absolute Gasteiger partial charge is 0.489 e.